The molecular formula is C16H12ClF5N2O2S. The summed E-state index contributed by atoms with van der Waals surface area (Å²) in [5, 5.41) is 0. The van der Waals surface area contributed by atoms with Gasteiger partial charge in [0.25, 0.3) is 6.43 Å². The van der Waals surface area contributed by atoms with Gasteiger partial charge in [-0.25, -0.2) is 8.78 Å². The SMILES string of the molecule is Cc1cc(OCC=C(Cl)SC(F)(F)F)nc(Oc2ccnc(C(F)F)c2)c1. The lowest BCUT2D eigenvalue weighted by Gasteiger charge is -2.10. The van der Waals surface area contributed by atoms with E-state index in [0.717, 1.165) is 12.1 Å². The first-order chi connectivity index (χ1) is 12.6. The van der Waals surface area contributed by atoms with Gasteiger partial charge in [-0.2, -0.15) is 18.2 Å². The minimum atomic E-state index is -4.49. The van der Waals surface area contributed by atoms with E-state index in [-0.39, 0.29) is 24.1 Å². The number of hydrogen-bond donors (Lipinski definition) is 0. The molecule has 0 atom stereocenters. The predicted octanol–water partition coefficient (Wildman–Crippen LogP) is 6.23. The number of pyridine rings is 2. The Bertz CT molecular complexity index is 818. The molecule has 0 N–H and O–H groups in total. The smallest absolute Gasteiger partial charge is 0.447 e. The van der Waals surface area contributed by atoms with Gasteiger partial charge in [0.2, 0.25) is 11.8 Å². The van der Waals surface area contributed by atoms with Gasteiger partial charge in [0.15, 0.2) is 0 Å². The summed E-state index contributed by atoms with van der Waals surface area (Å²) in [7, 11) is 0. The van der Waals surface area contributed by atoms with Crippen molar-refractivity contribution in [2.24, 2.45) is 0 Å². The maximum atomic E-state index is 12.7. The van der Waals surface area contributed by atoms with Crippen LogP contribution in [0.15, 0.2) is 40.9 Å². The number of thioether (sulfide) groups is 1. The molecule has 2 aromatic rings. The Labute approximate surface area is 160 Å². The number of ether oxygens (including phenoxy) is 2. The number of nitrogens with zero attached hydrogens (tertiary/aromatic N) is 2. The van der Waals surface area contributed by atoms with E-state index >= 15 is 0 Å². The Morgan fingerprint density at radius 2 is 1.96 bits per heavy atom. The summed E-state index contributed by atoms with van der Waals surface area (Å²) in [4.78, 5) is 7.54. The minimum absolute atomic E-state index is 0.0659. The Hall–Kier alpha value is -2.07. The van der Waals surface area contributed by atoms with E-state index in [2.05, 4.69) is 9.97 Å². The Morgan fingerprint density at radius 1 is 1.26 bits per heavy atom. The van der Waals surface area contributed by atoms with Crippen LogP contribution in [0.25, 0.3) is 0 Å². The van der Waals surface area contributed by atoms with Crippen molar-refractivity contribution in [1.29, 1.82) is 0 Å². The number of rotatable bonds is 7. The van der Waals surface area contributed by atoms with Crippen molar-refractivity contribution in [3.8, 4) is 17.5 Å². The van der Waals surface area contributed by atoms with E-state index in [1.807, 2.05) is 0 Å². The molecular weight excluding hydrogens is 415 g/mol. The molecule has 0 aliphatic carbocycles. The molecule has 2 aromatic heterocycles. The Balaban J connectivity index is 2.05. The number of hydrogen-bond acceptors (Lipinski definition) is 5. The zero-order chi connectivity index (χ0) is 20.0. The van der Waals surface area contributed by atoms with E-state index in [1.165, 1.54) is 24.4 Å². The van der Waals surface area contributed by atoms with Crippen molar-refractivity contribution in [3.05, 3.63) is 52.2 Å². The topological polar surface area (TPSA) is 44.2 Å². The average molecular weight is 427 g/mol. The lowest BCUT2D eigenvalue weighted by Crippen LogP contribution is -2.01. The van der Waals surface area contributed by atoms with Crippen molar-refractivity contribution in [1.82, 2.24) is 9.97 Å². The van der Waals surface area contributed by atoms with Crippen LogP contribution in [0.1, 0.15) is 17.7 Å². The monoisotopic (exact) mass is 426 g/mol. The summed E-state index contributed by atoms with van der Waals surface area (Å²) in [5.41, 5.74) is -4.26. The van der Waals surface area contributed by atoms with Crippen LogP contribution in [0, 0.1) is 6.92 Å². The molecule has 2 heterocycles. The predicted molar refractivity (Wildman–Crippen MR) is 91.3 cm³/mol. The fourth-order valence-corrected chi connectivity index (χ4v) is 2.50. The Morgan fingerprint density at radius 3 is 2.63 bits per heavy atom. The molecule has 0 saturated heterocycles. The van der Waals surface area contributed by atoms with Gasteiger partial charge in [-0.05, 0) is 36.4 Å². The van der Waals surface area contributed by atoms with Gasteiger partial charge >= 0.3 is 5.51 Å². The van der Waals surface area contributed by atoms with Crippen molar-refractivity contribution < 1.29 is 31.4 Å². The lowest BCUT2D eigenvalue weighted by atomic mass is 10.3. The van der Waals surface area contributed by atoms with Gasteiger partial charge in [0.1, 0.15) is 18.1 Å². The molecule has 0 radical (unpaired) electrons. The number of halogens is 6. The van der Waals surface area contributed by atoms with Gasteiger partial charge < -0.3 is 9.47 Å². The molecule has 2 rings (SSSR count). The molecule has 0 aliphatic heterocycles. The quantitative estimate of drug-likeness (QED) is 0.491. The molecule has 146 valence electrons. The van der Waals surface area contributed by atoms with Crippen LogP contribution in [-0.2, 0) is 0 Å². The molecule has 0 aromatic carbocycles. The highest BCUT2D eigenvalue weighted by atomic mass is 35.5. The summed E-state index contributed by atoms with van der Waals surface area (Å²) in [6.45, 7) is 1.46. The van der Waals surface area contributed by atoms with Crippen LogP contribution in [0.3, 0.4) is 0 Å². The summed E-state index contributed by atoms with van der Waals surface area (Å²) in [5.74, 6) is 0.246. The first-order valence-electron chi connectivity index (χ1n) is 7.27. The fourth-order valence-electron chi connectivity index (χ4n) is 1.81. The van der Waals surface area contributed by atoms with Crippen LogP contribution in [0.2, 0.25) is 0 Å². The van der Waals surface area contributed by atoms with Crippen LogP contribution in [0.5, 0.6) is 17.5 Å². The van der Waals surface area contributed by atoms with E-state index in [1.54, 1.807) is 6.92 Å². The van der Waals surface area contributed by atoms with Crippen LogP contribution < -0.4 is 9.47 Å². The highest BCUT2D eigenvalue weighted by Gasteiger charge is 2.29. The van der Waals surface area contributed by atoms with Gasteiger partial charge in [-0.15, -0.1) is 0 Å². The summed E-state index contributed by atoms with van der Waals surface area (Å²) >= 11 is 4.99. The van der Waals surface area contributed by atoms with E-state index in [0.29, 0.717) is 5.56 Å². The molecule has 0 amide bonds. The molecule has 0 aliphatic rings. The first-order valence-corrected chi connectivity index (χ1v) is 8.46. The average Bonchev–Trinajstić information content (AvgIpc) is 2.52. The highest BCUT2D eigenvalue weighted by molar-refractivity contribution is 8.05. The molecule has 27 heavy (non-hydrogen) atoms. The zero-order valence-electron chi connectivity index (χ0n) is 13.6. The second-order valence-electron chi connectivity index (χ2n) is 5.01. The van der Waals surface area contributed by atoms with E-state index in [4.69, 9.17) is 21.1 Å². The maximum Gasteiger partial charge on any atom is 0.447 e. The molecule has 0 spiro atoms. The van der Waals surface area contributed by atoms with Crippen molar-refractivity contribution in [3.63, 3.8) is 0 Å². The van der Waals surface area contributed by atoms with Crippen molar-refractivity contribution in [2.75, 3.05) is 6.61 Å². The largest absolute Gasteiger partial charge is 0.473 e. The molecule has 0 unspecified atom stereocenters. The third-order valence-corrected chi connectivity index (χ3v) is 3.79. The molecule has 11 heteroatoms. The molecule has 0 fully saturated rings. The van der Waals surface area contributed by atoms with Crippen molar-refractivity contribution in [2.45, 2.75) is 18.9 Å². The maximum absolute atomic E-state index is 12.7. The summed E-state index contributed by atoms with van der Waals surface area (Å²) < 4.78 is 72.0. The Kier molecular flexibility index (Phi) is 7.25. The summed E-state index contributed by atoms with van der Waals surface area (Å²) in [6, 6.07) is 5.53. The zero-order valence-corrected chi connectivity index (χ0v) is 15.2. The number of aryl methyl sites for hydroxylation is 1. The molecule has 0 saturated carbocycles. The third-order valence-electron chi connectivity index (χ3n) is 2.81. The van der Waals surface area contributed by atoms with Crippen LogP contribution in [-0.4, -0.2) is 22.1 Å². The van der Waals surface area contributed by atoms with Crippen LogP contribution >= 0.6 is 23.4 Å². The third kappa shape index (κ3) is 7.59. The van der Waals surface area contributed by atoms with Gasteiger partial charge in [-0.1, -0.05) is 11.6 Å². The van der Waals surface area contributed by atoms with E-state index in [9.17, 15) is 22.0 Å². The standard InChI is InChI=1S/C16H12ClF5N2O2S/c1-9-6-13(25-5-3-12(17)27-16(20,21)22)24-14(7-9)26-10-2-4-23-11(8-10)15(18)19/h2-4,6-8,15H,5H2,1H3. The minimum Gasteiger partial charge on any atom is -0.473 e. The lowest BCUT2D eigenvalue weighted by molar-refractivity contribution is -0.0320. The molecule has 4 nitrogen and oxygen atoms in total. The van der Waals surface area contributed by atoms with E-state index < -0.39 is 33.8 Å². The molecule has 0 bridgehead atoms. The van der Waals surface area contributed by atoms with Gasteiger partial charge in [0, 0.05) is 24.4 Å². The normalized spacial score (nSPS) is 12.4. The van der Waals surface area contributed by atoms with Crippen LogP contribution in [0.4, 0.5) is 22.0 Å². The van der Waals surface area contributed by atoms with Gasteiger partial charge in [0.05, 0.1) is 4.36 Å². The second kappa shape index (κ2) is 9.23. The number of aromatic nitrogens is 2. The van der Waals surface area contributed by atoms with Gasteiger partial charge in [-0.3, -0.25) is 4.98 Å². The highest BCUT2D eigenvalue weighted by Crippen LogP contribution is 2.38. The summed E-state index contributed by atoms with van der Waals surface area (Å²) in [6.07, 6.45) is -0.527. The second-order valence-corrected chi connectivity index (χ2v) is 6.75. The fraction of sp³-hybridized carbons (Fsp3) is 0.250. The number of alkyl halides is 5. The first kappa shape index (κ1) is 21.2. The van der Waals surface area contributed by atoms with Crippen molar-refractivity contribution >= 4 is 23.4 Å².